The maximum Gasteiger partial charge on any atom is 0.302 e. The Kier molecular flexibility index (Phi) is 19.2. The number of carbonyl (C=O) groups is 1. The lowest BCUT2D eigenvalue weighted by Crippen LogP contribution is -2.10. The first-order valence-electron chi connectivity index (χ1n) is 7.20. The number of hydrogen-bond donors (Lipinski definition) is 0. The molecule has 0 fully saturated rings. The zero-order valence-corrected chi connectivity index (χ0v) is 13.6. The molecule has 0 rings (SSSR count). The fourth-order valence-corrected chi connectivity index (χ4v) is 1.10. The predicted molar refractivity (Wildman–Crippen MR) is 83.8 cm³/mol. The molecule has 0 heterocycles. The highest BCUT2D eigenvalue weighted by molar-refractivity contribution is 5.65. The SMILES string of the molecule is C=COCCCCOC=C.CC(=O)OCCOCC(C)C. The predicted octanol–water partition coefficient (Wildman–Crippen LogP) is 3.31. The molecule has 0 atom stereocenters. The highest BCUT2D eigenvalue weighted by atomic mass is 16.6. The van der Waals surface area contributed by atoms with Crippen LogP contribution in [0.3, 0.4) is 0 Å². The summed E-state index contributed by atoms with van der Waals surface area (Å²) in [5, 5.41) is 0. The fraction of sp³-hybridized carbons (Fsp3) is 0.688. The van der Waals surface area contributed by atoms with Gasteiger partial charge in [0.05, 0.1) is 32.3 Å². The van der Waals surface area contributed by atoms with Gasteiger partial charge in [0.25, 0.3) is 0 Å². The zero-order chi connectivity index (χ0) is 16.3. The Morgan fingerprint density at radius 2 is 1.52 bits per heavy atom. The lowest BCUT2D eigenvalue weighted by atomic mass is 10.2. The molecule has 21 heavy (non-hydrogen) atoms. The molecule has 0 amide bonds. The van der Waals surface area contributed by atoms with Gasteiger partial charge in [0.2, 0.25) is 0 Å². The highest BCUT2D eigenvalue weighted by Crippen LogP contribution is 1.92. The van der Waals surface area contributed by atoms with E-state index in [1.54, 1.807) is 0 Å². The number of unbranched alkanes of at least 4 members (excludes halogenated alkanes) is 1. The summed E-state index contributed by atoms with van der Waals surface area (Å²) in [5.41, 5.74) is 0. The first kappa shape index (κ1) is 21.8. The maximum absolute atomic E-state index is 10.3. The molecule has 0 aromatic rings. The topological polar surface area (TPSA) is 54.0 Å². The number of hydrogen-bond acceptors (Lipinski definition) is 5. The van der Waals surface area contributed by atoms with Gasteiger partial charge in [-0.2, -0.15) is 0 Å². The average molecular weight is 302 g/mol. The van der Waals surface area contributed by atoms with Crippen molar-refractivity contribution < 1.29 is 23.7 Å². The lowest BCUT2D eigenvalue weighted by Gasteiger charge is -2.05. The summed E-state index contributed by atoms with van der Waals surface area (Å²) >= 11 is 0. The standard InChI is InChI=1S/C8H16O3.C8H14O2/c1-7(2)6-10-4-5-11-8(3)9;1-3-9-7-5-6-8-10-4-2/h7H,4-6H2,1-3H3;3-4H,1-2,5-8H2. The van der Waals surface area contributed by atoms with Crippen LogP contribution in [0.25, 0.3) is 0 Å². The van der Waals surface area contributed by atoms with Crippen LogP contribution >= 0.6 is 0 Å². The van der Waals surface area contributed by atoms with Crippen LogP contribution in [0.1, 0.15) is 33.6 Å². The van der Waals surface area contributed by atoms with Crippen LogP contribution < -0.4 is 0 Å². The second-order valence-electron chi connectivity index (χ2n) is 4.59. The van der Waals surface area contributed by atoms with Crippen molar-refractivity contribution >= 4 is 5.97 Å². The molecule has 5 nitrogen and oxygen atoms in total. The van der Waals surface area contributed by atoms with Crippen LogP contribution in [0.5, 0.6) is 0 Å². The van der Waals surface area contributed by atoms with Gasteiger partial charge < -0.3 is 18.9 Å². The molecule has 0 bridgehead atoms. The molecule has 0 aliphatic heterocycles. The van der Waals surface area contributed by atoms with Crippen LogP contribution in [-0.4, -0.2) is 39.0 Å². The van der Waals surface area contributed by atoms with Gasteiger partial charge in [-0.3, -0.25) is 4.79 Å². The maximum atomic E-state index is 10.3. The lowest BCUT2D eigenvalue weighted by molar-refractivity contribution is -0.142. The average Bonchev–Trinajstić information content (AvgIpc) is 2.42. The van der Waals surface area contributed by atoms with Gasteiger partial charge in [0.15, 0.2) is 0 Å². The monoisotopic (exact) mass is 302 g/mol. The van der Waals surface area contributed by atoms with Gasteiger partial charge in [-0.25, -0.2) is 0 Å². The van der Waals surface area contributed by atoms with Gasteiger partial charge in [-0.1, -0.05) is 27.0 Å². The molecule has 124 valence electrons. The summed E-state index contributed by atoms with van der Waals surface area (Å²) in [7, 11) is 0. The van der Waals surface area contributed by atoms with Crippen molar-refractivity contribution in [3.63, 3.8) is 0 Å². The van der Waals surface area contributed by atoms with Gasteiger partial charge in [0, 0.05) is 13.5 Å². The Morgan fingerprint density at radius 3 is 1.90 bits per heavy atom. The van der Waals surface area contributed by atoms with Crippen molar-refractivity contribution in [2.75, 3.05) is 33.0 Å². The summed E-state index contributed by atoms with van der Waals surface area (Å²) in [5.74, 6) is 0.283. The van der Waals surface area contributed by atoms with Crippen LogP contribution in [-0.2, 0) is 23.7 Å². The van der Waals surface area contributed by atoms with Gasteiger partial charge >= 0.3 is 5.97 Å². The second kappa shape index (κ2) is 18.5. The summed E-state index contributed by atoms with van der Waals surface area (Å²) in [4.78, 5) is 10.3. The van der Waals surface area contributed by atoms with Gasteiger partial charge in [-0.05, 0) is 18.8 Å². The van der Waals surface area contributed by atoms with E-state index < -0.39 is 0 Å². The molecule has 0 N–H and O–H groups in total. The third-order valence-electron chi connectivity index (χ3n) is 1.99. The largest absolute Gasteiger partial charge is 0.502 e. The third kappa shape index (κ3) is 27.6. The van der Waals surface area contributed by atoms with E-state index >= 15 is 0 Å². The smallest absolute Gasteiger partial charge is 0.302 e. The van der Waals surface area contributed by atoms with E-state index in [9.17, 15) is 4.79 Å². The molecule has 5 heteroatoms. The molecule has 0 saturated carbocycles. The van der Waals surface area contributed by atoms with Crippen LogP contribution in [0.2, 0.25) is 0 Å². The Balaban J connectivity index is 0. The van der Waals surface area contributed by atoms with E-state index in [0.29, 0.717) is 19.1 Å². The normalized spacial score (nSPS) is 9.33. The Bertz CT molecular complexity index is 239. The quantitative estimate of drug-likeness (QED) is 0.314. The molecular weight excluding hydrogens is 272 g/mol. The molecule has 0 spiro atoms. The highest BCUT2D eigenvalue weighted by Gasteiger charge is 1.94. The second-order valence-corrected chi connectivity index (χ2v) is 4.59. The van der Waals surface area contributed by atoms with E-state index in [1.165, 1.54) is 19.4 Å². The van der Waals surface area contributed by atoms with Crippen molar-refractivity contribution in [1.29, 1.82) is 0 Å². The van der Waals surface area contributed by atoms with Crippen LogP contribution in [0, 0.1) is 5.92 Å². The van der Waals surface area contributed by atoms with Crippen molar-refractivity contribution in [1.82, 2.24) is 0 Å². The minimum absolute atomic E-state index is 0.252. The summed E-state index contributed by atoms with van der Waals surface area (Å²) in [6, 6.07) is 0. The van der Waals surface area contributed by atoms with E-state index in [-0.39, 0.29) is 5.97 Å². The van der Waals surface area contributed by atoms with Crippen molar-refractivity contribution in [2.24, 2.45) is 5.92 Å². The zero-order valence-electron chi connectivity index (χ0n) is 13.6. The summed E-state index contributed by atoms with van der Waals surface area (Å²) in [6.07, 6.45) is 4.91. The van der Waals surface area contributed by atoms with E-state index in [1.807, 2.05) is 0 Å². The Labute approximate surface area is 128 Å². The van der Waals surface area contributed by atoms with Crippen molar-refractivity contribution in [2.45, 2.75) is 33.6 Å². The molecular formula is C16H30O5. The number of esters is 1. The number of carbonyl (C=O) groups excluding carboxylic acids is 1. The molecule has 0 aliphatic rings. The minimum Gasteiger partial charge on any atom is -0.502 e. The van der Waals surface area contributed by atoms with E-state index in [4.69, 9.17) is 14.2 Å². The first-order chi connectivity index (χ1) is 10.0. The molecule has 0 aliphatic carbocycles. The number of ether oxygens (including phenoxy) is 4. The molecule has 0 radical (unpaired) electrons. The molecule has 0 saturated heterocycles. The van der Waals surface area contributed by atoms with E-state index in [2.05, 4.69) is 31.7 Å². The summed E-state index contributed by atoms with van der Waals surface area (Å²) in [6.45, 7) is 15.4. The number of rotatable bonds is 12. The molecule has 0 aromatic heterocycles. The Morgan fingerprint density at radius 1 is 1.00 bits per heavy atom. The third-order valence-corrected chi connectivity index (χ3v) is 1.99. The van der Waals surface area contributed by atoms with Crippen LogP contribution in [0.15, 0.2) is 25.7 Å². The summed E-state index contributed by atoms with van der Waals surface area (Å²) < 4.78 is 19.6. The van der Waals surface area contributed by atoms with Gasteiger partial charge in [0.1, 0.15) is 6.61 Å². The first-order valence-corrected chi connectivity index (χ1v) is 7.20. The molecule has 0 unspecified atom stereocenters. The van der Waals surface area contributed by atoms with Crippen LogP contribution in [0.4, 0.5) is 0 Å². The molecule has 0 aromatic carbocycles. The fourth-order valence-electron chi connectivity index (χ4n) is 1.10. The van der Waals surface area contributed by atoms with Crippen molar-refractivity contribution in [3.05, 3.63) is 25.7 Å². The van der Waals surface area contributed by atoms with Crippen molar-refractivity contribution in [3.8, 4) is 0 Å². The minimum atomic E-state index is -0.252. The Hall–Kier alpha value is -1.49. The van der Waals surface area contributed by atoms with Gasteiger partial charge in [-0.15, -0.1) is 0 Å². The van der Waals surface area contributed by atoms with E-state index in [0.717, 1.165) is 32.7 Å².